The second kappa shape index (κ2) is 11.4. The summed E-state index contributed by atoms with van der Waals surface area (Å²) in [5.74, 6) is 0.618. The molecule has 1 atom stereocenters. The molecule has 9 nitrogen and oxygen atoms in total. The van der Waals surface area contributed by atoms with Gasteiger partial charge in [-0.3, -0.25) is 9.88 Å². The molecule has 1 aromatic carbocycles. The average Bonchev–Trinajstić information content (AvgIpc) is 3.54. The number of carbonyl (C=O) groups excluding carboxylic acids is 1. The number of nitrogens with zero attached hydrogens (tertiary/aromatic N) is 5. The van der Waals surface area contributed by atoms with Gasteiger partial charge in [0.05, 0.1) is 59.3 Å². The van der Waals surface area contributed by atoms with Crippen molar-refractivity contribution in [3.63, 3.8) is 0 Å². The van der Waals surface area contributed by atoms with Crippen LogP contribution in [0.4, 0.5) is 0 Å². The number of hydrogen-bond acceptors (Lipinski definition) is 9. The third-order valence-corrected chi connectivity index (χ3v) is 8.16. The molecule has 2 aliphatic rings. The molecule has 4 aromatic rings. The predicted octanol–water partition coefficient (Wildman–Crippen LogP) is 4.99. The monoisotopic (exact) mass is 565 g/mol. The Morgan fingerprint density at radius 3 is 2.92 bits per heavy atom. The number of esters is 1. The van der Waals surface area contributed by atoms with Crippen molar-refractivity contribution in [2.24, 2.45) is 0 Å². The Balaban J connectivity index is 1.14. The molecule has 6 rings (SSSR count). The minimum Gasteiger partial charge on any atom is -0.465 e. The summed E-state index contributed by atoms with van der Waals surface area (Å²) in [5, 5.41) is 3.23. The first-order valence-electron chi connectivity index (χ1n) is 12.9. The summed E-state index contributed by atoms with van der Waals surface area (Å²) in [6.07, 6.45) is 6.01. The van der Waals surface area contributed by atoms with Gasteiger partial charge < -0.3 is 18.8 Å². The van der Waals surface area contributed by atoms with E-state index in [9.17, 15) is 4.79 Å². The maximum absolute atomic E-state index is 12.1. The number of imidazole rings is 1. The lowest BCUT2D eigenvalue weighted by molar-refractivity contribution is -0.0591. The summed E-state index contributed by atoms with van der Waals surface area (Å²) in [6.45, 7) is 4.18. The molecular weight excluding hydrogens is 538 g/mol. The van der Waals surface area contributed by atoms with Crippen LogP contribution < -0.4 is 4.74 Å². The zero-order valence-electron chi connectivity index (χ0n) is 21.5. The fourth-order valence-corrected chi connectivity index (χ4v) is 5.66. The van der Waals surface area contributed by atoms with E-state index in [0.29, 0.717) is 28.0 Å². The van der Waals surface area contributed by atoms with Crippen LogP contribution in [0.1, 0.15) is 40.4 Å². The van der Waals surface area contributed by atoms with Gasteiger partial charge in [-0.1, -0.05) is 29.0 Å². The minimum absolute atomic E-state index is 0.172. The van der Waals surface area contributed by atoms with E-state index < -0.39 is 0 Å². The average molecular weight is 566 g/mol. The van der Waals surface area contributed by atoms with Crippen LogP contribution in [0.2, 0.25) is 5.02 Å². The summed E-state index contributed by atoms with van der Waals surface area (Å²) in [4.78, 5) is 28.4. The van der Waals surface area contributed by atoms with Crippen molar-refractivity contribution in [3.8, 4) is 5.19 Å². The number of aromatic nitrogens is 4. The molecule has 1 fully saturated rings. The zero-order valence-corrected chi connectivity index (χ0v) is 23.1. The Hall–Kier alpha value is -3.31. The fourth-order valence-electron chi connectivity index (χ4n) is 4.79. The minimum atomic E-state index is -0.351. The van der Waals surface area contributed by atoms with Crippen LogP contribution in [0.5, 0.6) is 5.19 Å². The summed E-state index contributed by atoms with van der Waals surface area (Å²) in [6, 6.07) is 9.12. The highest BCUT2D eigenvalue weighted by atomic mass is 35.5. The van der Waals surface area contributed by atoms with Crippen LogP contribution in [-0.2, 0) is 29.2 Å². The van der Waals surface area contributed by atoms with E-state index in [4.69, 9.17) is 30.8 Å². The first-order valence-corrected chi connectivity index (χ1v) is 14.1. The molecule has 0 aliphatic carbocycles. The quantitative estimate of drug-likeness (QED) is 0.262. The molecular formula is C28H28ClN5O4S. The topological polar surface area (TPSA) is 91.6 Å². The third-order valence-electron chi connectivity index (χ3n) is 7.07. The number of methoxy groups -OCH3 is 1. The van der Waals surface area contributed by atoms with Gasteiger partial charge in [-0.05, 0) is 48.7 Å². The number of hydrogen-bond donors (Lipinski definition) is 0. The van der Waals surface area contributed by atoms with Gasteiger partial charge in [0.25, 0.3) is 5.19 Å². The molecule has 202 valence electrons. The van der Waals surface area contributed by atoms with E-state index in [1.54, 1.807) is 24.4 Å². The van der Waals surface area contributed by atoms with E-state index in [0.717, 1.165) is 61.6 Å². The number of carbonyl (C=O) groups is 1. The highest BCUT2D eigenvalue weighted by Gasteiger charge is 2.24. The summed E-state index contributed by atoms with van der Waals surface area (Å²) >= 11 is 7.66. The van der Waals surface area contributed by atoms with Gasteiger partial charge in [-0.15, -0.1) is 0 Å². The molecule has 39 heavy (non-hydrogen) atoms. The molecule has 0 unspecified atom stereocenters. The fraction of sp³-hybridized carbons (Fsp3) is 0.357. The van der Waals surface area contributed by atoms with Crippen molar-refractivity contribution in [2.45, 2.75) is 38.6 Å². The molecule has 5 heterocycles. The highest BCUT2D eigenvalue weighted by molar-refractivity contribution is 7.11. The number of benzene rings is 1. The molecule has 3 aromatic heterocycles. The molecule has 0 amide bonds. The van der Waals surface area contributed by atoms with Crippen LogP contribution in [0.3, 0.4) is 0 Å². The van der Waals surface area contributed by atoms with Crippen molar-refractivity contribution in [1.29, 1.82) is 0 Å². The maximum atomic E-state index is 12.1. The lowest BCUT2D eigenvalue weighted by Crippen LogP contribution is -2.33. The Kier molecular flexibility index (Phi) is 7.60. The van der Waals surface area contributed by atoms with Crippen LogP contribution in [0, 0.1) is 0 Å². The van der Waals surface area contributed by atoms with E-state index in [1.807, 2.05) is 17.5 Å². The van der Waals surface area contributed by atoms with Gasteiger partial charge in [0.15, 0.2) is 0 Å². The van der Waals surface area contributed by atoms with Gasteiger partial charge in [0.1, 0.15) is 12.4 Å². The number of thiazole rings is 1. The number of rotatable bonds is 9. The second-order valence-corrected chi connectivity index (χ2v) is 10.8. The molecule has 2 aliphatic heterocycles. The van der Waals surface area contributed by atoms with Crippen LogP contribution in [0.15, 0.2) is 48.0 Å². The van der Waals surface area contributed by atoms with Gasteiger partial charge in [0.2, 0.25) is 0 Å². The first kappa shape index (κ1) is 25.9. The smallest absolute Gasteiger partial charge is 0.337 e. The normalized spacial score (nSPS) is 17.6. The number of fused-ring (bicyclic) bond motifs is 1. The van der Waals surface area contributed by atoms with E-state index in [-0.39, 0.29) is 18.7 Å². The van der Waals surface area contributed by atoms with Crippen LogP contribution in [0.25, 0.3) is 16.6 Å². The number of pyridine rings is 1. The molecule has 0 N–H and O–H groups in total. The van der Waals surface area contributed by atoms with Gasteiger partial charge in [0, 0.05) is 31.3 Å². The van der Waals surface area contributed by atoms with Crippen molar-refractivity contribution in [1.82, 2.24) is 24.4 Å². The molecule has 0 bridgehead atoms. The summed E-state index contributed by atoms with van der Waals surface area (Å²) in [5.41, 5.74) is 5.18. The molecule has 0 spiro atoms. The molecule has 11 heteroatoms. The van der Waals surface area contributed by atoms with Gasteiger partial charge in [-0.25, -0.2) is 14.8 Å². The first-order chi connectivity index (χ1) is 19.1. The summed E-state index contributed by atoms with van der Waals surface area (Å²) < 4.78 is 18.7. The Morgan fingerprint density at radius 2 is 2.18 bits per heavy atom. The lowest BCUT2D eigenvalue weighted by Gasteiger charge is -2.29. The van der Waals surface area contributed by atoms with Gasteiger partial charge >= 0.3 is 5.97 Å². The number of halogens is 1. The molecule has 1 saturated heterocycles. The zero-order chi connectivity index (χ0) is 26.8. The maximum Gasteiger partial charge on any atom is 0.337 e. The standard InChI is InChI=1S/C28H28ClN5O4S/c1-36-27(35)19-4-5-22-25(13-19)34(14-20-8-12-37-20)26(31-22)15-33-10-6-18(7-11-33)24-17-39-28(32-24)38-16-23-21(29)3-2-9-30-23/h2-6,9,13,17,20H,7-8,10-12,14-16H2,1H3/t20-/m0/s1. The van der Waals surface area contributed by atoms with E-state index in [2.05, 4.69) is 25.5 Å². The highest BCUT2D eigenvalue weighted by Crippen LogP contribution is 2.29. The lowest BCUT2D eigenvalue weighted by atomic mass is 10.1. The third kappa shape index (κ3) is 5.69. The van der Waals surface area contributed by atoms with Gasteiger partial charge in [-0.2, -0.15) is 0 Å². The van der Waals surface area contributed by atoms with Crippen LogP contribution in [-0.4, -0.2) is 63.3 Å². The van der Waals surface area contributed by atoms with E-state index >= 15 is 0 Å². The van der Waals surface area contributed by atoms with Crippen molar-refractivity contribution in [2.75, 3.05) is 26.8 Å². The SMILES string of the molecule is COC(=O)c1ccc2nc(CN3CC=C(c4csc(OCc5ncccc5Cl)n4)CC3)n(C[C@@H]3CCO3)c2c1. The molecule has 0 radical (unpaired) electrons. The Labute approximate surface area is 235 Å². The second-order valence-electron chi connectivity index (χ2n) is 9.55. The van der Waals surface area contributed by atoms with Crippen molar-refractivity contribution in [3.05, 3.63) is 75.8 Å². The summed E-state index contributed by atoms with van der Waals surface area (Å²) in [7, 11) is 1.40. The van der Waals surface area contributed by atoms with Crippen molar-refractivity contribution < 1.29 is 19.0 Å². The Bertz CT molecular complexity index is 1530. The van der Waals surface area contributed by atoms with Crippen LogP contribution >= 0.6 is 22.9 Å². The van der Waals surface area contributed by atoms with Crippen molar-refractivity contribution >= 4 is 45.5 Å². The largest absolute Gasteiger partial charge is 0.465 e. The molecule has 0 saturated carbocycles. The van der Waals surface area contributed by atoms with E-state index in [1.165, 1.54) is 24.0 Å². The predicted molar refractivity (Wildman–Crippen MR) is 149 cm³/mol. The number of ether oxygens (including phenoxy) is 3. The Morgan fingerprint density at radius 1 is 1.28 bits per heavy atom.